The number of aromatic nitrogens is 1. The highest BCUT2D eigenvalue weighted by Crippen LogP contribution is 2.24. The van der Waals surface area contributed by atoms with Crippen molar-refractivity contribution in [2.45, 2.75) is 44.9 Å². The molecule has 0 aliphatic carbocycles. The lowest BCUT2D eigenvalue weighted by Gasteiger charge is -2.18. The SMILES string of the molecule is CCOC(=O)[C@H]1O[C@@H]1C(=O)N[C@@H](Cc1ccc(C)cc1)C(=O)NCCc1ccccn1. The third-order valence-corrected chi connectivity index (χ3v) is 4.87. The Morgan fingerprint density at radius 1 is 1.13 bits per heavy atom. The van der Waals surface area contributed by atoms with Crippen LogP contribution in [0.5, 0.6) is 0 Å². The fraction of sp³-hybridized carbons (Fsp3) is 0.391. The quantitative estimate of drug-likeness (QED) is 0.436. The highest BCUT2D eigenvalue weighted by atomic mass is 16.6. The lowest BCUT2D eigenvalue weighted by atomic mass is 10.0. The Kier molecular flexibility index (Phi) is 7.72. The number of hydrogen-bond donors (Lipinski definition) is 2. The van der Waals surface area contributed by atoms with Crippen LogP contribution >= 0.6 is 0 Å². The number of nitrogens with zero attached hydrogens (tertiary/aromatic N) is 1. The van der Waals surface area contributed by atoms with Gasteiger partial charge in [0.2, 0.25) is 5.91 Å². The third kappa shape index (κ3) is 6.62. The van der Waals surface area contributed by atoms with Crippen LogP contribution in [-0.4, -0.2) is 54.2 Å². The summed E-state index contributed by atoms with van der Waals surface area (Å²) < 4.78 is 10.0. The van der Waals surface area contributed by atoms with Gasteiger partial charge < -0.3 is 20.1 Å². The average Bonchev–Trinajstić information content (AvgIpc) is 3.57. The first-order valence-electron chi connectivity index (χ1n) is 10.3. The van der Waals surface area contributed by atoms with Crippen LogP contribution in [0.4, 0.5) is 0 Å². The van der Waals surface area contributed by atoms with E-state index in [9.17, 15) is 14.4 Å². The largest absolute Gasteiger partial charge is 0.464 e. The van der Waals surface area contributed by atoms with E-state index in [0.29, 0.717) is 19.4 Å². The van der Waals surface area contributed by atoms with Crippen molar-refractivity contribution in [3.05, 3.63) is 65.5 Å². The van der Waals surface area contributed by atoms with Gasteiger partial charge in [0, 0.05) is 31.3 Å². The van der Waals surface area contributed by atoms with Crippen molar-refractivity contribution in [1.29, 1.82) is 0 Å². The van der Waals surface area contributed by atoms with Gasteiger partial charge in [-0.2, -0.15) is 0 Å². The number of benzene rings is 1. The zero-order chi connectivity index (χ0) is 22.2. The number of aryl methyl sites for hydroxylation is 1. The average molecular weight is 425 g/mol. The second-order valence-electron chi connectivity index (χ2n) is 7.34. The zero-order valence-electron chi connectivity index (χ0n) is 17.7. The lowest BCUT2D eigenvalue weighted by Crippen LogP contribution is -2.50. The molecule has 1 aromatic heterocycles. The van der Waals surface area contributed by atoms with Crippen LogP contribution in [0.1, 0.15) is 23.7 Å². The standard InChI is InChI=1S/C23H27N3O5/c1-3-30-23(29)20-19(31-20)22(28)26-18(14-16-9-7-15(2)8-10-16)21(27)25-13-11-17-6-4-5-12-24-17/h4-10,12,18-20H,3,11,13-14H2,1-2H3,(H,25,27)(H,26,28)/t18-,19-,20-/m0/s1. The minimum absolute atomic E-state index is 0.210. The summed E-state index contributed by atoms with van der Waals surface area (Å²) >= 11 is 0. The van der Waals surface area contributed by atoms with E-state index in [1.165, 1.54) is 0 Å². The third-order valence-electron chi connectivity index (χ3n) is 4.87. The van der Waals surface area contributed by atoms with Gasteiger partial charge >= 0.3 is 5.97 Å². The molecule has 3 atom stereocenters. The van der Waals surface area contributed by atoms with E-state index in [-0.39, 0.29) is 12.5 Å². The van der Waals surface area contributed by atoms with Crippen molar-refractivity contribution in [3.8, 4) is 0 Å². The summed E-state index contributed by atoms with van der Waals surface area (Å²) in [5.41, 5.74) is 2.88. The summed E-state index contributed by atoms with van der Waals surface area (Å²) in [6, 6.07) is 12.6. The van der Waals surface area contributed by atoms with Crippen LogP contribution in [0.2, 0.25) is 0 Å². The van der Waals surface area contributed by atoms with Crippen molar-refractivity contribution >= 4 is 17.8 Å². The minimum atomic E-state index is -0.930. The van der Waals surface area contributed by atoms with Crippen LogP contribution in [0.15, 0.2) is 48.7 Å². The van der Waals surface area contributed by atoms with Crippen LogP contribution in [0.3, 0.4) is 0 Å². The molecule has 0 unspecified atom stereocenters. The molecular formula is C23H27N3O5. The molecule has 2 aromatic rings. The fourth-order valence-electron chi connectivity index (χ4n) is 3.12. The molecule has 1 aliphatic rings. The van der Waals surface area contributed by atoms with E-state index in [1.54, 1.807) is 13.1 Å². The first-order valence-corrected chi connectivity index (χ1v) is 10.3. The van der Waals surface area contributed by atoms with Gasteiger partial charge in [-0.3, -0.25) is 14.6 Å². The van der Waals surface area contributed by atoms with Crippen LogP contribution in [0, 0.1) is 6.92 Å². The molecular weight excluding hydrogens is 398 g/mol. The van der Waals surface area contributed by atoms with Crippen molar-refractivity contribution in [3.63, 3.8) is 0 Å². The first-order chi connectivity index (χ1) is 15.0. The van der Waals surface area contributed by atoms with Gasteiger partial charge in [0.1, 0.15) is 6.04 Å². The summed E-state index contributed by atoms with van der Waals surface area (Å²) in [4.78, 5) is 41.3. The number of ether oxygens (including phenoxy) is 2. The number of rotatable bonds is 10. The molecule has 1 saturated heterocycles. The van der Waals surface area contributed by atoms with Gasteiger partial charge in [-0.05, 0) is 31.5 Å². The second-order valence-corrected chi connectivity index (χ2v) is 7.34. The topological polar surface area (TPSA) is 110 Å². The summed E-state index contributed by atoms with van der Waals surface area (Å²) in [5.74, 6) is -1.38. The molecule has 0 bridgehead atoms. The van der Waals surface area contributed by atoms with Crippen molar-refractivity contribution in [1.82, 2.24) is 15.6 Å². The van der Waals surface area contributed by atoms with E-state index in [2.05, 4.69) is 15.6 Å². The maximum Gasteiger partial charge on any atom is 0.338 e. The normalized spacial score (nSPS) is 18.0. The summed E-state index contributed by atoms with van der Waals surface area (Å²) in [6.07, 6.45) is 0.757. The number of esters is 1. The summed E-state index contributed by atoms with van der Waals surface area (Å²) in [6.45, 7) is 4.26. The summed E-state index contributed by atoms with van der Waals surface area (Å²) in [7, 11) is 0. The van der Waals surface area contributed by atoms with Crippen molar-refractivity contribution < 1.29 is 23.9 Å². The molecule has 1 fully saturated rings. The molecule has 1 aromatic carbocycles. The molecule has 2 heterocycles. The van der Waals surface area contributed by atoms with Gasteiger partial charge in [-0.15, -0.1) is 0 Å². The van der Waals surface area contributed by atoms with Crippen LogP contribution < -0.4 is 10.6 Å². The van der Waals surface area contributed by atoms with E-state index in [0.717, 1.165) is 16.8 Å². The minimum Gasteiger partial charge on any atom is -0.464 e. The number of nitrogens with one attached hydrogen (secondary N) is 2. The number of carbonyl (C=O) groups excluding carboxylic acids is 3. The van der Waals surface area contributed by atoms with Crippen molar-refractivity contribution in [2.75, 3.05) is 13.2 Å². The Morgan fingerprint density at radius 2 is 1.90 bits per heavy atom. The smallest absolute Gasteiger partial charge is 0.338 e. The van der Waals surface area contributed by atoms with E-state index < -0.39 is 30.1 Å². The Balaban J connectivity index is 1.60. The molecule has 0 spiro atoms. The Labute approximate surface area is 181 Å². The number of hydrogen-bond acceptors (Lipinski definition) is 6. The Bertz CT molecular complexity index is 901. The monoisotopic (exact) mass is 425 g/mol. The fourth-order valence-corrected chi connectivity index (χ4v) is 3.12. The maximum absolute atomic E-state index is 12.8. The van der Waals surface area contributed by atoms with E-state index in [1.807, 2.05) is 49.4 Å². The Morgan fingerprint density at radius 3 is 2.58 bits per heavy atom. The molecule has 8 nitrogen and oxygen atoms in total. The Hall–Kier alpha value is -3.26. The van der Waals surface area contributed by atoms with Gasteiger partial charge in [-0.25, -0.2) is 4.79 Å². The molecule has 31 heavy (non-hydrogen) atoms. The second kappa shape index (κ2) is 10.7. The molecule has 0 saturated carbocycles. The van der Waals surface area contributed by atoms with Gasteiger partial charge in [0.05, 0.1) is 6.61 Å². The molecule has 2 N–H and O–H groups in total. The molecule has 3 rings (SSSR count). The number of amides is 2. The summed E-state index contributed by atoms with van der Waals surface area (Å²) in [5, 5.41) is 5.57. The van der Waals surface area contributed by atoms with Gasteiger partial charge in [0.15, 0.2) is 12.2 Å². The predicted octanol–water partition coefficient (Wildman–Crippen LogP) is 1.11. The molecule has 2 amide bonds. The van der Waals surface area contributed by atoms with Crippen LogP contribution in [0.25, 0.3) is 0 Å². The zero-order valence-corrected chi connectivity index (χ0v) is 17.7. The molecule has 1 aliphatic heterocycles. The van der Waals surface area contributed by atoms with Gasteiger partial charge in [-0.1, -0.05) is 35.9 Å². The predicted molar refractivity (Wildman–Crippen MR) is 113 cm³/mol. The van der Waals surface area contributed by atoms with Crippen molar-refractivity contribution in [2.24, 2.45) is 0 Å². The molecule has 0 radical (unpaired) electrons. The van der Waals surface area contributed by atoms with E-state index >= 15 is 0 Å². The number of carbonyl (C=O) groups is 3. The lowest BCUT2D eigenvalue weighted by molar-refractivity contribution is -0.144. The number of epoxide rings is 1. The highest BCUT2D eigenvalue weighted by molar-refractivity contribution is 5.95. The first kappa shape index (κ1) is 22.4. The van der Waals surface area contributed by atoms with Crippen LogP contribution in [-0.2, 0) is 36.7 Å². The van der Waals surface area contributed by atoms with Gasteiger partial charge in [0.25, 0.3) is 5.91 Å². The molecule has 164 valence electrons. The maximum atomic E-state index is 12.8. The highest BCUT2D eigenvalue weighted by Gasteiger charge is 2.52. The number of pyridine rings is 1. The molecule has 8 heteroatoms. The van der Waals surface area contributed by atoms with E-state index in [4.69, 9.17) is 9.47 Å².